The van der Waals surface area contributed by atoms with E-state index < -0.39 is 6.09 Å². The molecular formula is C16H23N3O3. The molecule has 3 atom stereocenters. The number of hydrogen-bond acceptors (Lipinski definition) is 4. The van der Waals surface area contributed by atoms with Crippen molar-refractivity contribution in [2.45, 2.75) is 45.4 Å². The number of anilines is 1. The van der Waals surface area contributed by atoms with Gasteiger partial charge in [0.05, 0.1) is 17.8 Å². The molecule has 0 bridgehead atoms. The molecule has 3 heterocycles. The molecule has 0 aliphatic carbocycles. The molecular weight excluding hydrogens is 282 g/mol. The van der Waals surface area contributed by atoms with Crippen LogP contribution in [0.1, 0.15) is 36.8 Å². The zero-order valence-corrected chi connectivity index (χ0v) is 13.5. The number of methoxy groups -OCH3 is 1. The van der Waals surface area contributed by atoms with Crippen LogP contribution in [-0.2, 0) is 11.2 Å². The van der Waals surface area contributed by atoms with E-state index in [0.717, 1.165) is 23.5 Å². The number of pyridine rings is 1. The first kappa shape index (κ1) is 15.1. The first-order valence-electron chi connectivity index (χ1n) is 7.71. The van der Waals surface area contributed by atoms with E-state index in [2.05, 4.69) is 24.8 Å². The van der Waals surface area contributed by atoms with E-state index in [9.17, 15) is 9.90 Å². The number of aromatic nitrogens is 1. The minimum Gasteiger partial charge on any atom is -0.465 e. The number of fused-ring (bicyclic) bond motifs is 3. The maximum atomic E-state index is 11.3. The topological polar surface area (TPSA) is 65.9 Å². The number of carboxylic acid groups (broad SMARTS) is 1. The highest BCUT2D eigenvalue weighted by Crippen LogP contribution is 2.37. The molecule has 0 radical (unpaired) electrons. The maximum absolute atomic E-state index is 11.3. The number of nitrogens with zero attached hydrogens (tertiary/aromatic N) is 3. The van der Waals surface area contributed by atoms with Gasteiger partial charge in [0.2, 0.25) is 0 Å². The molecule has 3 rings (SSSR count). The van der Waals surface area contributed by atoms with Crippen LogP contribution >= 0.6 is 0 Å². The average Bonchev–Trinajstić information content (AvgIpc) is 2.82. The lowest BCUT2D eigenvalue weighted by Crippen LogP contribution is -2.58. The van der Waals surface area contributed by atoms with Crippen LogP contribution in [0.4, 0.5) is 10.6 Å². The molecule has 1 saturated heterocycles. The summed E-state index contributed by atoms with van der Waals surface area (Å²) in [6.07, 6.45) is -0.0147. The van der Waals surface area contributed by atoms with Gasteiger partial charge in [0, 0.05) is 26.2 Å². The second-order valence-corrected chi connectivity index (χ2v) is 6.35. The monoisotopic (exact) mass is 305 g/mol. The number of carbonyl (C=O) groups is 1. The van der Waals surface area contributed by atoms with E-state index in [4.69, 9.17) is 9.72 Å². The Morgan fingerprint density at radius 3 is 2.86 bits per heavy atom. The van der Waals surface area contributed by atoms with Crippen molar-refractivity contribution in [3.63, 3.8) is 0 Å². The van der Waals surface area contributed by atoms with Gasteiger partial charge in [-0.05, 0) is 38.3 Å². The van der Waals surface area contributed by atoms with Gasteiger partial charge >= 0.3 is 6.09 Å². The summed E-state index contributed by atoms with van der Waals surface area (Å²) in [5.41, 5.74) is 3.32. The molecule has 6 nitrogen and oxygen atoms in total. The molecule has 1 aromatic rings. The maximum Gasteiger partial charge on any atom is 0.407 e. The molecule has 0 aromatic carbocycles. The summed E-state index contributed by atoms with van der Waals surface area (Å²) >= 11 is 0. The minimum atomic E-state index is -0.833. The zero-order valence-electron chi connectivity index (χ0n) is 13.5. The molecule has 2 aliphatic heterocycles. The minimum absolute atomic E-state index is 0.0417. The van der Waals surface area contributed by atoms with Gasteiger partial charge in [-0.15, -0.1) is 0 Å². The highest BCUT2D eigenvalue weighted by molar-refractivity contribution is 5.67. The largest absolute Gasteiger partial charge is 0.465 e. The molecule has 0 unspecified atom stereocenters. The molecule has 1 N–H and O–H groups in total. The van der Waals surface area contributed by atoms with Gasteiger partial charge in [-0.25, -0.2) is 9.78 Å². The van der Waals surface area contributed by atoms with Crippen LogP contribution in [0.2, 0.25) is 0 Å². The van der Waals surface area contributed by atoms with Crippen LogP contribution in [-0.4, -0.2) is 53.4 Å². The normalized spacial score (nSPS) is 24.9. The van der Waals surface area contributed by atoms with Gasteiger partial charge in [-0.2, -0.15) is 0 Å². The highest BCUT2D eigenvalue weighted by Gasteiger charge is 2.40. The van der Waals surface area contributed by atoms with Gasteiger partial charge in [-0.3, -0.25) is 0 Å². The third-order valence-corrected chi connectivity index (χ3v) is 4.80. The quantitative estimate of drug-likeness (QED) is 0.907. The summed E-state index contributed by atoms with van der Waals surface area (Å²) in [5.74, 6) is 1.01. The zero-order chi connectivity index (χ0) is 16.0. The standard InChI is InChI=1S/C16H23N3O3/c1-9-5-12-6-13-8-18(16(20)21)7-10(2)19(13)15(12)17-14(9)11(3)22-4/h5,10-11,13H,6-8H2,1-4H3,(H,20,21)/t10-,11+,13-/m1/s1. The van der Waals surface area contributed by atoms with Gasteiger partial charge in [0.1, 0.15) is 5.82 Å². The van der Waals surface area contributed by atoms with Crippen LogP contribution in [0.5, 0.6) is 0 Å². The van der Waals surface area contributed by atoms with Gasteiger partial charge in [0.25, 0.3) is 0 Å². The number of amides is 1. The van der Waals surface area contributed by atoms with Crippen molar-refractivity contribution in [1.82, 2.24) is 9.88 Å². The molecule has 120 valence electrons. The number of piperazine rings is 1. The molecule has 0 spiro atoms. The van der Waals surface area contributed by atoms with Gasteiger partial charge in [-0.1, -0.05) is 6.07 Å². The Labute approximate surface area is 130 Å². The number of aryl methyl sites for hydroxylation is 1. The number of hydrogen-bond donors (Lipinski definition) is 1. The van der Waals surface area contributed by atoms with Gasteiger partial charge in [0.15, 0.2) is 0 Å². The molecule has 0 saturated carbocycles. The van der Waals surface area contributed by atoms with E-state index in [0.29, 0.717) is 13.1 Å². The van der Waals surface area contributed by atoms with E-state index in [1.54, 1.807) is 7.11 Å². The average molecular weight is 305 g/mol. The lowest BCUT2D eigenvalue weighted by molar-refractivity contribution is 0.115. The Kier molecular flexibility index (Phi) is 3.72. The Bertz CT molecular complexity index is 605. The number of rotatable bonds is 2. The van der Waals surface area contributed by atoms with Crippen LogP contribution in [0.3, 0.4) is 0 Å². The third kappa shape index (κ3) is 2.31. The van der Waals surface area contributed by atoms with Crippen molar-refractivity contribution >= 4 is 11.9 Å². The van der Waals surface area contributed by atoms with Crippen molar-refractivity contribution in [3.8, 4) is 0 Å². The fraction of sp³-hybridized carbons (Fsp3) is 0.625. The molecule has 1 amide bonds. The van der Waals surface area contributed by atoms with E-state index in [1.807, 2.05) is 6.92 Å². The van der Waals surface area contributed by atoms with E-state index in [1.165, 1.54) is 10.5 Å². The smallest absolute Gasteiger partial charge is 0.407 e. The fourth-order valence-corrected chi connectivity index (χ4v) is 3.71. The van der Waals surface area contributed by atoms with Gasteiger partial charge < -0.3 is 19.6 Å². The fourth-order valence-electron chi connectivity index (χ4n) is 3.71. The number of ether oxygens (including phenoxy) is 1. The van der Waals surface area contributed by atoms with Crippen molar-refractivity contribution < 1.29 is 14.6 Å². The second-order valence-electron chi connectivity index (χ2n) is 6.35. The lowest BCUT2D eigenvalue weighted by atomic mass is 10.1. The summed E-state index contributed by atoms with van der Waals surface area (Å²) in [5, 5.41) is 9.26. The van der Waals surface area contributed by atoms with Crippen molar-refractivity contribution in [1.29, 1.82) is 0 Å². The molecule has 1 fully saturated rings. The Morgan fingerprint density at radius 1 is 1.50 bits per heavy atom. The summed E-state index contributed by atoms with van der Waals surface area (Å²) in [6, 6.07) is 2.51. The molecule has 6 heteroatoms. The summed E-state index contributed by atoms with van der Waals surface area (Å²) in [6.45, 7) is 7.20. The Balaban J connectivity index is 1.96. The lowest BCUT2D eigenvalue weighted by Gasteiger charge is -2.42. The third-order valence-electron chi connectivity index (χ3n) is 4.80. The van der Waals surface area contributed by atoms with Crippen molar-refractivity contribution in [3.05, 3.63) is 22.9 Å². The predicted molar refractivity (Wildman–Crippen MR) is 83.4 cm³/mol. The molecule has 2 aliphatic rings. The first-order chi connectivity index (χ1) is 10.4. The summed E-state index contributed by atoms with van der Waals surface area (Å²) in [4.78, 5) is 19.9. The second kappa shape index (κ2) is 5.43. The van der Waals surface area contributed by atoms with E-state index in [-0.39, 0.29) is 18.2 Å². The molecule has 22 heavy (non-hydrogen) atoms. The van der Waals surface area contributed by atoms with Crippen molar-refractivity contribution in [2.75, 3.05) is 25.1 Å². The van der Waals surface area contributed by atoms with Crippen LogP contribution in [0.15, 0.2) is 6.07 Å². The summed E-state index contributed by atoms with van der Waals surface area (Å²) < 4.78 is 5.42. The SMILES string of the molecule is CO[C@@H](C)c1nc2c(cc1C)C[C@@H]1CN(C(=O)O)C[C@@H](C)N21. The molecule has 1 aromatic heterocycles. The first-order valence-corrected chi connectivity index (χ1v) is 7.71. The summed E-state index contributed by atoms with van der Waals surface area (Å²) in [7, 11) is 1.69. The Hall–Kier alpha value is -1.82. The van der Waals surface area contributed by atoms with Crippen LogP contribution in [0, 0.1) is 6.92 Å². The van der Waals surface area contributed by atoms with Crippen LogP contribution in [0.25, 0.3) is 0 Å². The Morgan fingerprint density at radius 2 is 2.23 bits per heavy atom. The highest BCUT2D eigenvalue weighted by atomic mass is 16.5. The van der Waals surface area contributed by atoms with E-state index >= 15 is 0 Å². The predicted octanol–water partition coefficient (Wildman–Crippen LogP) is 2.21. The van der Waals surface area contributed by atoms with Crippen molar-refractivity contribution in [2.24, 2.45) is 0 Å². The van der Waals surface area contributed by atoms with Crippen LogP contribution < -0.4 is 4.90 Å².